The van der Waals surface area contributed by atoms with Gasteiger partial charge in [-0.25, -0.2) is 0 Å². The maximum Gasteiger partial charge on any atom is 0.0967 e. The Labute approximate surface area is 118 Å². The molecule has 4 nitrogen and oxygen atoms in total. The SMILES string of the molecule is CC.CC(C)Cn1cc(CN2CCC(C)CC2)nn1. The molecule has 2 rings (SSSR count). The molecule has 0 saturated carbocycles. The summed E-state index contributed by atoms with van der Waals surface area (Å²) in [6.07, 6.45) is 4.73. The van der Waals surface area contributed by atoms with Crippen LogP contribution in [0.3, 0.4) is 0 Å². The Bertz CT molecular complexity index is 338. The van der Waals surface area contributed by atoms with E-state index < -0.39 is 0 Å². The molecule has 110 valence electrons. The number of nitrogens with zero attached hydrogens (tertiary/aromatic N) is 4. The van der Waals surface area contributed by atoms with E-state index in [9.17, 15) is 0 Å². The van der Waals surface area contributed by atoms with Gasteiger partial charge < -0.3 is 0 Å². The zero-order valence-corrected chi connectivity index (χ0v) is 13.3. The van der Waals surface area contributed by atoms with E-state index in [1.165, 1.54) is 25.9 Å². The van der Waals surface area contributed by atoms with E-state index in [1.54, 1.807) is 0 Å². The van der Waals surface area contributed by atoms with Crippen molar-refractivity contribution < 1.29 is 0 Å². The summed E-state index contributed by atoms with van der Waals surface area (Å²) in [6.45, 7) is 15.1. The van der Waals surface area contributed by atoms with Crippen LogP contribution in [-0.2, 0) is 13.1 Å². The molecule has 0 N–H and O–H groups in total. The van der Waals surface area contributed by atoms with Gasteiger partial charge in [0.1, 0.15) is 0 Å². The van der Waals surface area contributed by atoms with E-state index in [2.05, 4.69) is 42.2 Å². The number of rotatable bonds is 4. The molecule has 1 aliphatic rings. The zero-order chi connectivity index (χ0) is 14.3. The van der Waals surface area contributed by atoms with Crippen molar-refractivity contribution in [3.63, 3.8) is 0 Å². The number of hydrogen-bond donors (Lipinski definition) is 0. The molecular formula is C15H30N4. The van der Waals surface area contributed by atoms with Gasteiger partial charge in [0.25, 0.3) is 0 Å². The highest BCUT2D eigenvalue weighted by molar-refractivity contribution is 4.92. The molecule has 0 unspecified atom stereocenters. The van der Waals surface area contributed by atoms with E-state index in [0.29, 0.717) is 5.92 Å². The summed E-state index contributed by atoms with van der Waals surface area (Å²) in [4.78, 5) is 2.49. The molecule has 0 aromatic carbocycles. The minimum atomic E-state index is 0.625. The highest BCUT2D eigenvalue weighted by Crippen LogP contribution is 2.17. The highest BCUT2D eigenvalue weighted by Gasteiger charge is 2.16. The molecule has 1 aromatic heterocycles. The molecule has 0 amide bonds. The smallest absolute Gasteiger partial charge is 0.0967 e. The second kappa shape index (κ2) is 8.31. The molecule has 1 aromatic rings. The predicted molar refractivity (Wildman–Crippen MR) is 79.9 cm³/mol. The van der Waals surface area contributed by atoms with Crippen LogP contribution in [0.5, 0.6) is 0 Å². The fraction of sp³-hybridized carbons (Fsp3) is 0.867. The molecule has 19 heavy (non-hydrogen) atoms. The van der Waals surface area contributed by atoms with Crippen molar-refractivity contribution in [2.45, 2.75) is 60.5 Å². The van der Waals surface area contributed by atoms with E-state index in [-0.39, 0.29) is 0 Å². The molecule has 1 saturated heterocycles. The van der Waals surface area contributed by atoms with Crippen LogP contribution in [-0.4, -0.2) is 33.0 Å². The minimum Gasteiger partial charge on any atom is -0.297 e. The van der Waals surface area contributed by atoms with Gasteiger partial charge in [-0.1, -0.05) is 39.8 Å². The quantitative estimate of drug-likeness (QED) is 0.839. The number of aromatic nitrogens is 3. The van der Waals surface area contributed by atoms with Crippen LogP contribution in [0.4, 0.5) is 0 Å². The third-order valence-corrected chi connectivity index (χ3v) is 3.40. The molecule has 4 heteroatoms. The molecule has 1 aliphatic heterocycles. The predicted octanol–water partition coefficient (Wildman–Crippen LogP) is 3.19. The largest absolute Gasteiger partial charge is 0.297 e. The van der Waals surface area contributed by atoms with Crippen LogP contribution in [0.2, 0.25) is 0 Å². The van der Waals surface area contributed by atoms with Crippen molar-refractivity contribution in [1.29, 1.82) is 0 Å². The van der Waals surface area contributed by atoms with Crippen LogP contribution in [0.25, 0.3) is 0 Å². The molecule has 0 bridgehead atoms. The lowest BCUT2D eigenvalue weighted by atomic mass is 9.99. The van der Waals surface area contributed by atoms with Crippen molar-refractivity contribution in [2.75, 3.05) is 13.1 Å². The number of likely N-dealkylation sites (tertiary alicyclic amines) is 1. The van der Waals surface area contributed by atoms with E-state index in [4.69, 9.17) is 0 Å². The molecule has 0 spiro atoms. The lowest BCUT2D eigenvalue weighted by Gasteiger charge is -2.29. The van der Waals surface area contributed by atoms with E-state index in [1.807, 2.05) is 18.5 Å². The number of hydrogen-bond acceptors (Lipinski definition) is 3. The maximum atomic E-state index is 4.25. The second-order valence-electron chi connectivity index (χ2n) is 5.78. The van der Waals surface area contributed by atoms with Gasteiger partial charge in [-0.3, -0.25) is 9.58 Å². The Morgan fingerprint density at radius 3 is 2.47 bits per heavy atom. The van der Waals surface area contributed by atoms with Crippen molar-refractivity contribution >= 4 is 0 Å². The Balaban J connectivity index is 0.000000861. The van der Waals surface area contributed by atoms with Crippen LogP contribution in [0.1, 0.15) is 53.2 Å². The normalized spacial score (nSPS) is 17.4. The van der Waals surface area contributed by atoms with Crippen LogP contribution in [0.15, 0.2) is 6.20 Å². The fourth-order valence-electron chi connectivity index (χ4n) is 2.32. The Morgan fingerprint density at radius 1 is 1.26 bits per heavy atom. The lowest BCUT2D eigenvalue weighted by Crippen LogP contribution is -2.32. The van der Waals surface area contributed by atoms with Gasteiger partial charge >= 0.3 is 0 Å². The van der Waals surface area contributed by atoms with Crippen LogP contribution in [0, 0.1) is 11.8 Å². The van der Waals surface area contributed by atoms with Gasteiger partial charge in [0.05, 0.1) is 5.69 Å². The van der Waals surface area contributed by atoms with Gasteiger partial charge in [-0.15, -0.1) is 5.10 Å². The molecule has 0 atom stereocenters. The summed E-state index contributed by atoms with van der Waals surface area (Å²) in [5.41, 5.74) is 1.11. The fourth-order valence-corrected chi connectivity index (χ4v) is 2.32. The van der Waals surface area contributed by atoms with Crippen LogP contribution < -0.4 is 0 Å². The van der Waals surface area contributed by atoms with Gasteiger partial charge in [-0.05, 0) is 37.8 Å². The molecule has 2 heterocycles. The minimum absolute atomic E-state index is 0.625. The molecule has 1 fully saturated rings. The Morgan fingerprint density at radius 2 is 1.89 bits per heavy atom. The van der Waals surface area contributed by atoms with Crippen molar-refractivity contribution in [3.05, 3.63) is 11.9 Å². The zero-order valence-electron chi connectivity index (χ0n) is 13.3. The first-order valence-electron chi connectivity index (χ1n) is 7.75. The second-order valence-corrected chi connectivity index (χ2v) is 5.78. The van der Waals surface area contributed by atoms with Gasteiger partial charge in [0.15, 0.2) is 0 Å². The third-order valence-electron chi connectivity index (χ3n) is 3.40. The standard InChI is InChI=1S/C13H24N4.C2H6/c1-11(2)8-17-10-13(14-15-17)9-16-6-4-12(3)5-7-16;1-2/h10-12H,4-9H2,1-3H3;1-2H3. The average molecular weight is 266 g/mol. The van der Waals surface area contributed by atoms with Gasteiger partial charge in [0, 0.05) is 19.3 Å². The molecule has 0 radical (unpaired) electrons. The summed E-state index contributed by atoms with van der Waals surface area (Å²) in [5, 5.41) is 8.43. The summed E-state index contributed by atoms with van der Waals surface area (Å²) in [5.74, 6) is 1.52. The van der Waals surface area contributed by atoms with Gasteiger partial charge in [-0.2, -0.15) is 0 Å². The monoisotopic (exact) mass is 266 g/mol. The average Bonchev–Trinajstić information content (AvgIpc) is 2.81. The van der Waals surface area contributed by atoms with Crippen LogP contribution >= 0.6 is 0 Å². The van der Waals surface area contributed by atoms with E-state index >= 15 is 0 Å². The van der Waals surface area contributed by atoms with Crippen molar-refractivity contribution in [2.24, 2.45) is 11.8 Å². The first kappa shape index (κ1) is 16.2. The van der Waals surface area contributed by atoms with Gasteiger partial charge in [0.2, 0.25) is 0 Å². The third kappa shape index (κ3) is 5.72. The topological polar surface area (TPSA) is 34.0 Å². The molecular weight excluding hydrogens is 236 g/mol. The molecule has 0 aliphatic carbocycles. The van der Waals surface area contributed by atoms with E-state index in [0.717, 1.165) is 24.7 Å². The van der Waals surface area contributed by atoms with Crippen molar-refractivity contribution in [1.82, 2.24) is 19.9 Å². The first-order valence-corrected chi connectivity index (χ1v) is 7.75. The van der Waals surface area contributed by atoms with Crippen molar-refractivity contribution in [3.8, 4) is 0 Å². The number of piperidine rings is 1. The Hall–Kier alpha value is -0.900. The summed E-state index contributed by atoms with van der Waals surface area (Å²) in [6, 6.07) is 0. The summed E-state index contributed by atoms with van der Waals surface area (Å²) in [7, 11) is 0. The highest BCUT2D eigenvalue weighted by atomic mass is 15.4. The summed E-state index contributed by atoms with van der Waals surface area (Å²) < 4.78 is 1.96. The maximum absolute atomic E-state index is 4.25. The Kier molecular flexibility index (Phi) is 7.06. The first-order chi connectivity index (χ1) is 9.13. The lowest BCUT2D eigenvalue weighted by molar-refractivity contribution is 0.183. The summed E-state index contributed by atoms with van der Waals surface area (Å²) >= 11 is 0.